The van der Waals surface area contributed by atoms with Crippen LogP contribution < -0.4 is 5.32 Å². The van der Waals surface area contributed by atoms with Crippen LogP contribution in [0.15, 0.2) is 18.2 Å². The number of likely N-dealkylation sites (tertiary alicyclic amines) is 1. The second-order valence-electron chi connectivity index (χ2n) is 5.47. The van der Waals surface area contributed by atoms with E-state index in [0.29, 0.717) is 32.2 Å². The van der Waals surface area contributed by atoms with Gasteiger partial charge in [-0.25, -0.2) is 0 Å². The van der Waals surface area contributed by atoms with E-state index in [9.17, 15) is 14.4 Å². The molecule has 5 heteroatoms. The largest absolute Gasteiger partial charge is 0.326 e. The van der Waals surface area contributed by atoms with E-state index in [1.807, 2.05) is 32.0 Å². The molecule has 0 aromatic heterocycles. The van der Waals surface area contributed by atoms with Gasteiger partial charge in [-0.1, -0.05) is 6.07 Å². The second kappa shape index (κ2) is 6.52. The first-order valence-electron chi connectivity index (χ1n) is 7.17. The summed E-state index contributed by atoms with van der Waals surface area (Å²) < 4.78 is 0. The topological polar surface area (TPSA) is 66.5 Å². The van der Waals surface area contributed by atoms with Gasteiger partial charge in [-0.05, 0) is 43.5 Å². The van der Waals surface area contributed by atoms with Crippen molar-refractivity contribution < 1.29 is 14.4 Å². The number of anilines is 1. The molecular weight excluding hydrogens is 268 g/mol. The predicted molar refractivity (Wildman–Crippen MR) is 79.7 cm³/mol. The number of hydrogen-bond donors (Lipinski definition) is 1. The maximum atomic E-state index is 11.9. The molecule has 1 N–H and O–H groups in total. The lowest BCUT2D eigenvalue weighted by Gasteiger charge is -2.13. The maximum Gasteiger partial charge on any atom is 0.229 e. The Labute approximate surface area is 124 Å². The van der Waals surface area contributed by atoms with E-state index in [0.717, 1.165) is 16.8 Å². The van der Waals surface area contributed by atoms with Gasteiger partial charge in [0.1, 0.15) is 0 Å². The minimum atomic E-state index is -0.130. The van der Waals surface area contributed by atoms with Crippen LogP contribution in [0, 0.1) is 13.8 Å². The number of carbonyl (C=O) groups excluding carboxylic acids is 3. The average molecular weight is 288 g/mol. The number of nitrogens with one attached hydrogen (secondary N) is 1. The highest BCUT2D eigenvalue weighted by molar-refractivity contribution is 6.02. The van der Waals surface area contributed by atoms with Gasteiger partial charge < -0.3 is 5.32 Å². The normalized spacial score (nSPS) is 14.7. The molecule has 0 unspecified atom stereocenters. The van der Waals surface area contributed by atoms with Crippen molar-refractivity contribution in [3.8, 4) is 0 Å². The van der Waals surface area contributed by atoms with Crippen molar-refractivity contribution in [3.05, 3.63) is 29.3 Å². The number of imide groups is 1. The van der Waals surface area contributed by atoms with E-state index in [1.54, 1.807) is 0 Å². The summed E-state index contributed by atoms with van der Waals surface area (Å²) in [5.74, 6) is -0.358. The number of nitrogens with zero attached hydrogens (tertiary/aromatic N) is 1. The minimum absolute atomic E-state index is 0.0981. The fourth-order valence-corrected chi connectivity index (χ4v) is 2.54. The molecule has 0 aliphatic carbocycles. The number of aryl methyl sites for hydroxylation is 2. The van der Waals surface area contributed by atoms with Gasteiger partial charge in [-0.3, -0.25) is 19.3 Å². The molecule has 3 amide bonds. The van der Waals surface area contributed by atoms with Crippen LogP contribution in [0.5, 0.6) is 0 Å². The van der Waals surface area contributed by atoms with Crippen LogP contribution in [0.3, 0.4) is 0 Å². The van der Waals surface area contributed by atoms with Crippen molar-refractivity contribution in [3.63, 3.8) is 0 Å². The first kappa shape index (κ1) is 15.2. The van der Waals surface area contributed by atoms with Crippen LogP contribution in [-0.2, 0) is 14.4 Å². The Morgan fingerprint density at radius 3 is 2.24 bits per heavy atom. The third-order valence-corrected chi connectivity index (χ3v) is 3.45. The second-order valence-corrected chi connectivity index (χ2v) is 5.47. The van der Waals surface area contributed by atoms with Gasteiger partial charge >= 0.3 is 0 Å². The van der Waals surface area contributed by atoms with Crippen molar-refractivity contribution in [2.24, 2.45) is 0 Å². The monoisotopic (exact) mass is 288 g/mol. The summed E-state index contributed by atoms with van der Waals surface area (Å²) >= 11 is 0. The average Bonchev–Trinajstić information content (AvgIpc) is 2.69. The Morgan fingerprint density at radius 2 is 1.67 bits per heavy atom. The zero-order valence-electron chi connectivity index (χ0n) is 12.4. The number of amides is 3. The molecule has 112 valence electrons. The Morgan fingerprint density at radius 1 is 1.10 bits per heavy atom. The maximum absolute atomic E-state index is 11.9. The Kier molecular flexibility index (Phi) is 4.73. The molecule has 2 rings (SSSR count). The summed E-state index contributed by atoms with van der Waals surface area (Å²) in [4.78, 5) is 36.0. The summed E-state index contributed by atoms with van der Waals surface area (Å²) in [6.07, 6.45) is 1.39. The van der Waals surface area contributed by atoms with Gasteiger partial charge in [-0.2, -0.15) is 0 Å². The Balaban J connectivity index is 1.80. The molecule has 1 aliphatic heterocycles. The Hall–Kier alpha value is -2.17. The smallest absolute Gasteiger partial charge is 0.229 e. The molecule has 0 radical (unpaired) electrons. The molecule has 5 nitrogen and oxygen atoms in total. The van der Waals surface area contributed by atoms with Crippen LogP contribution in [0.25, 0.3) is 0 Å². The van der Waals surface area contributed by atoms with Gasteiger partial charge in [-0.15, -0.1) is 0 Å². The standard InChI is InChI=1S/C16H20N2O3/c1-11-8-12(2)10-13(9-11)17-14(19)4-3-7-18-15(20)5-6-16(18)21/h8-10H,3-7H2,1-2H3,(H,17,19). The molecule has 1 saturated heterocycles. The lowest BCUT2D eigenvalue weighted by Crippen LogP contribution is -2.30. The molecule has 0 spiro atoms. The molecule has 1 aromatic carbocycles. The van der Waals surface area contributed by atoms with Gasteiger partial charge in [0.05, 0.1) is 0 Å². The van der Waals surface area contributed by atoms with E-state index < -0.39 is 0 Å². The van der Waals surface area contributed by atoms with E-state index in [-0.39, 0.29) is 17.7 Å². The van der Waals surface area contributed by atoms with Crippen molar-refractivity contribution in [2.75, 3.05) is 11.9 Å². The molecular formula is C16H20N2O3. The predicted octanol–water partition coefficient (Wildman–Crippen LogP) is 2.17. The van der Waals surface area contributed by atoms with Crippen molar-refractivity contribution >= 4 is 23.4 Å². The van der Waals surface area contributed by atoms with Gasteiger partial charge in [0, 0.05) is 31.5 Å². The van der Waals surface area contributed by atoms with Crippen LogP contribution in [0.2, 0.25) is 0 Å². The van der Waals surface area contributed by atoms with Crippen molar-refractivity contribution in [1.29, 1.82) is 0 Å². The lowest BCUT2D eigenvalue weighted by atomic mass is 10.1. The van der Waals surface area contributed by atoms with Crippen LogP contribution in [0.4, 0.5) is 5.69 Å². The Bertz CT molecular complexity index is 545. The zero-order valence-corrected chi connectivity index (χ0v) is 12.4. The molecule has 0 bridgehead atoms. The first-order chi connectivity index (χ1) is 9.95. The van der Waals surface area contributed by atoms with Crippen LogP contribution in [0.1, 0.15) is 36.8 Å². The summed E-state index contributed by atoms with van der Waals surface area (Å²) in [6.45, 7) is 4.29. The fraction of sp³-hybridized carbons (Fsp3) is 0.438. The number of rotatable bonds is 5. The quantitative estimate of drug-likeness (QED) is 0.844. The summed E-state index contributed by atoms with van der Waals surface area (Å²) in [5, 5.41) is 2.84. The number of benzene rings is 1. The van der Waals surface area contributed by atoms with E-state index in [4.69, 9.17) is 0 Å². The highest BCUT2D eigenvalue weighted by Crippen LogP contribution is 2.15. The third-order valence-electron chi connectivity index (χ3n) is 3.45. The molecule has 1 heterocycles. The van der Waals surface area contributed by atoms with Crippen LogP contribution >= 0.6 is 0 Å². The lowest BCUT2D eigenvalue weighted by molar-refractivity contribution is -0.138. The third kappa shape index (κ3) is 4.15. The minimum Gasteiger partial charge on any atom is -0.326 e. The van der Waals surface area contributed by atoms with E-state index in [2.05, 4.69) is 5.32 Å². The summed E-state index contributed by atoms with van der Waals surface area (Å²) in [6, 6.07) is 5.87. The molecule has 0 atom stereocenters. The van der Waals surface area contributed by atoms with Gasteiger partial charge in [0.2, 0.25) is 17.7 Å². The highest BCUT2D eigenvalue weighted by atomic mass is 16.2. The SMILES string of the molecule is Cc1cc(C)cc(NC(=O)CCCN2C(=O)CCC2=O)c1. The molecule has 0 saturated carbocycles. The van der Waals surface area contributed by atoms with Crippen LogP contribution in [-0.4, -0.2) is 29.2 Å². The van der Waals surface area contributed by atoms with Gasteiger partial charge in [0.15, 0.2) is 0 Å². The number of hydrogen-bond acceptors (Lipinski definition) is 3. The highest BCUT2D eigenvalue weighted by Gasteiger charge is 2.28. The first-order valence-corrected chi connectivity index (χ1v) is 7.17. The van der Waals surface area contributed by atoms with Gasteiger partial charge in [0.25, 0.3) is 0 Å². The molecule has 1 aliphatic rings. The molecule has 21 heavy (non-hydrogen) atoms. The fourth-order valence-electron chi connectivity index (χ4n) is 2.54. The zero-order chi connectivity index (χ0) is 15.4. The van der Waals surface area contributed by atoms with E-state index >= 15 is 0 Å². The summed E-state index contributed by atoms with van der Waals surface area (Å²) in [7, 11) is 0. The molecule has 1 fully saturated rings. The van der Waals surface area contributed by atoms with E-state index in [1.165, 1.54) is 4.90 Å². The molecule has 1 aromatic rings. The number of carbonyl (C=O) groups is 3. The summed E-state index contributed by atoms with van der Waals surface area (Å²) in [5.41, 5.74) is 2.97. The van der Waals surface area contributed by atoms with Crippen molar-refractivity contribution in [2.45, 2.75) is 39.5 Å². The van der Waals surface area contributed by atoms with Crippen molar-refractivity contribution in [1.82, 2.24) is 4.90 Å².